The van der Waals surface area contributed by atoms with Crippen LogP contribution < -0.4 is 5.32 Å². The third-order valence-corrected chi connectivity index (χ3v) is 2.20. The van der Waals surface area contributed by atoms with Crippen LogP contribution in [0, 0.1) is 5.92 Å². The Balaban J connectivity index is 2.83. The average molecular weight is 274 g/mol. The van der Waals surface area contributed by atoms with Gasteiger partial charge in [-0.15, -0.1) is 0 Å². The van der Waals surface area contributed by atoms with Crippen molar-refractivity contribution >= 4 is 27.8 Å². The fraction of sp³-hybridized carbons (Fsp3) is 0.444. The van der Waals surface area contributed by atoms with Gasteiger partial charge in [-0.25, -0.2) is 14.8 Å². The monoisotopic (exact) mass is 273 g/mol. The molecule has 0 bridgehead atoms. The van der Waals surface area contributed by atoms with E-state index in [1.165, 1.54) is 6.20 Å². The van der Waals surface area contributed by atoms with Crippen LogP contribution in [0.4, 0.5) is 5.95 Å². The summed E-state index contributed by atoms with van der Waals surface area (Å²) in [7, 11) is 0. The van der Waals surface area contributed by atoms with Gasteiger partial charge in [0.15, 0.2) is 5.69 Å². The molecule has 1 aromatic heterocycles. The quantitative estimate of drug-likeness (QED) is 0.878. The molecule has 0 fully saturated rings. The highest BCUT2D eigenvalue weighted by Crippen LogP contribution is 2.14. The lowest BCUT2D eigenvalue weighted by Gasteiger charge is -2.07. The van der Waals surface area contributed by atoms with Crippen LogP contribution in [0.2, 0.25) is 0 Å². The minimum Gasteiger partial charge on any atom is -0.476 e. The number of carboxylic acid groups (broad SMARTS) is 1. The van der Waals surface area contributed by atoms with Gasteiger partial charge in [0.2, 0.25) is 5.95 Å². The molecule has 0 radical (unpaired) electrons. The van der Waals surface area contributed by atoms with Gasteiger partial charge in [-0.3, -0.25) is 0 Å². The van der Waals surface area contributed by atoms with Gasteiger partial charge in [-0.2, -0.15) is 0 Å². The summed E-state index contributed by atoms with van der Waals surface area (Å²) in [6.45, 7) is 4.80. The molecule has 1 heterocycles. The van der Waals surface area contributed by atoms with Gasteiger partial charge in [0.05, 0.1) is 4.47 Å². The molecule has 82 valence electrons. The molecule has 0 amide bonds. The number of nitrogens with one attached hydrogen (secondary N) is 1. The molecule has 0 aliphatic rings. The normalized spacial score (nSPS) is 10.4. The van der Waals surface area contributed by atoms with E-state index >= 15 is 0 Å². The van der Waals surface area contributed by atoms with Crippen LogP contribution in [-0.2, 0) is 0 Å². The van der Waals surface area contributed by atoms with Crippen molar-refractivity contribution < 1.29 is 9.90 Å². The summed E-state index contributed by atoms with van der Waals surface area (Å²) in [5.41, 5.74) is -0.0312. The number of anilines is 1. The van der Waals surface area contributed by atoms with Crippen LogP contribution in [-0.4, -0.2) is 27.6 Å². The third-order valence-electron chi connectivity index (χ3n) is 1.62. The minimum atomic E-state index is -1.07. The van der Waals surface area contributed by atoms with Crippen LogP contribution >= 0.6 is 15.9 Å². The Kier molecular flexibility index (Phi) is 4.02. The Morgan fingerprint density at radius 1 is 1.67 bits per heavy atom. The molecule has 1 rings (SSSR count). The van der Waals surface area contributed by atoms with Crippen LogP contribution in [0.25, 0.3) is 0 Å². The van der Waals surface area contributed by atoms with Crippen molar-refractivity contribution in [1.82, 2.24) is 9.97 Å². The largest absolute Gasteiger partial charge is 0.476 e. The van der Waals surface area contributed by atoms with Gasteiger partial charge in [0, 0.05) is 12.7 Å². The fourth-order valence-electron chi connectivity index (χ4n) is 0.898. The summed E-state index contributed by atoms with van der Waals surface area (Å²) in [4.78, 5) is 18.6. The molecule has 0 aromatic carbocycles. The Labute approximate surface area is 96.1 Å². The van der Waals surface area contributed by atoms with Crippen molar-refractivity contribution in [1.29, 1.82) is 0 Å². The first-order valence-electron chi connectivity index (χ1n) is 4.50. The molecule has 2 N–H and O–H groups in total. The first-order valence-corrected chi connectivity index (χ1v) is 5.29. The second kappa shape index (κ2) is 5.06. The van der Waals surface area contributed by atoms with E-state index in [2.05, 4.69) is 31.2 Å². The number of hydrogen-bond donors (Lipinski definition) is 2. The number of aromatic nitrogens is 2. The lowest BCUT2D eigenvalue weighted by atomic mass is 10.2. The van der Waals surface area contributed by atoms with Crippen LogP contribution in [0.15, 0.2) is 10.7 Å². The highest BCUT2D eigenvalue weighted by molar-refractivity contribution is 9.10. The number of halogens is 1. The van der Waals surface area contributed by atoms with Crippen molar-refractivity contribution in [3.63, 3.8) is 0 Å². The standard InChI is InChI=1S/C9H12BrN3O2/c1-5(2)3-11-9-12-4-6(10)7(13-9)8(14)15/h4-5H,3H2,1-2H3,(H,14,15)(H,11,12,13). The molecule has 0 atom stereocenters. The van der Waals surface area contributed by atoms with Crippen LogP contribution in [0.3, 0.4) is 0 Å². The number of aromatic carboxylic acids is 1. The second-order valence-electron chi connectivity index (χ2n) is 3.47. The van der Waals surface area contributed by atoms with Crippen molar-refractivity contribution in [3.05, 3.63) is 16.4 Å². The maximum atomic E-state index is 10.8. The molecule has 0 unspecified atom stereocenters. The molecule has 0 aliphatic heterocycles. The summed E-state index contributed by atoms with van der Waals surface area (Å²) >= 11 is 3.08. The van der Waals surface area contributed by atoms with Crippen LogP contribution in [0.5, 0.6) is 0 Å². The van der Waals surface area contributed by atoms with Crippen molar-refractivity contribution in [2.24, 2.45) is 5.92 Å². The Hall–Kier alpha value is -1.17. The van der Waals surface area contributed by atoms with E-state index in [0.29, 0.717) is 22.9 Å². The maximum Gasteiger partial charge on any atom is 0.355 e. The summed E-state index contributed by atoms with van der Waals surface area (Å²) in [5, 5.41) is 11.8. The lowest BCUT2D eigenvalue weighted by molar-refractivity contribution is 0.0689. The topological polar surface area (TPSA) is 75.1 Å². The molecule has 15 heavy (non-hydrogen) atoms. The fourth-order valence-corrected chi connectivity index (χ4v) is 1.26. The molecule has 1 aromatic rings. The van der Waals surface area contributed by atoms with E-state index < -0.39 is 5.97 Å². The van der Waals surface area contributed by atoms with Gasteiger partial charge in [-0.1, -0.05) is 13.8 Å². The first-order chi connectivity index (χ1) is 7.00. The maximum absolute atomic E-state index is 10.8. The second-order valence-corrected chi connectivity index (χ2v) is 4.32. The highest BCUT2D eigenvalue weighted by Gasteiger charge is 2.11. The number of carbonyl (C=O) groups is 1. The highest BCUT2D eigenvalue weighted by atomic mass is 79.9. The van der Waals surface area contributed by atoms with E-state index in [0.717, 1.165) is 0 Å². The van der Waals surface area contributed by atoms with E-state index in [9.17, 15) is 4.79 Å². The molecule has 0 saturated heterocycles. The van der Waals surface area contributed by atoms with Crippen molar-refractivity contribution in [2.75, 3.05) is 11.9 Å². The Bertz CT molecular complexity index is 368. The average Bonchev–Trinajstić information content (AvgIpc) is 2.16. The zero-order chi connectivity index (χ0) is 11.4. The zero-order valence-electron chi connectivity index (χ0n) is 8.49. The van der Waals surface area contributed by atoms with Crippen molar-refractivity contribution in [2.45, 2.75) is 13.8 Å². The molecule has 5 nitrogen and oxygen atoms in total. The smallest absolute Gasteiger partial charge is 0.355 e. The molecular formula is C9H12BrN3O2. The number of nitrogens with zero attached hydrogens (tertiary/aromatic N) is 2. The predicted molar refractivity (Wildman–Crippen MR) is 60.0 cm³/mol. The molecule has 6 heteroatoms. The first kappa shape index (κ1) is 11.9. The van der Waals surface area contributed by atoms with Gasteiger partial charge in [-0.05, 0) is 21.8 Å². The molecular weight excluding hydrogens is 262 g/mol. The van der Waals surface area contributed by atoms with Crippen LogP contribution in [0.1, 0.15) is 24.3 Å². The number of carboxylic acids is 1. The van der Waals surface area contributed by atoms with E-state index in [-0.39, 0.29) is 5.69 Å². The van der Waals surface area contributed by atoms with Gasteiger partial charge in [0.1, 0.15) is 0 Å². The minimum absolute atomic E-state index is 0.0312. The Morgan fingerprint density at radius 2 is 2.33 bits per heavy atom. The summed E-state index contributed by atoms with van der Waals surface area (Å²) < 4.78 is 0.380. The summed E-state index contributed by atoms with van der Waals surface area (Å²) in [6.07, 6.45) is 1.43. The Morgan fingerprint density at radius 3 is 2.87 bits per heavy atom. The van der Waals surface area contributed by atoms with Crippen molar-refractivity contribution in [3.8, 4) is 0 Å². The number of rotatable bonds is 4. The third kappa shape index (κ3) is 3.47. The SMILES string of the molecule is CC(C)CNc1ncc(Br)c(C(=O)O)n1. The lowest BCUT2D eigenvalue weighted by Crippen LogP contribution is -2.12. The zero-order valence-corrected chi connectivity index (χ0v) is 10.1. The van der Waals surface area contributed by atoms with Gasteiger partial charge < -0.3 is 10.4 Å². The van der Waals surface area contributed by atoms with Gasteiger partial charge >= 0.3 is 5.97 Å². The van der Waals surface area contributed by atoms with E-state index in [4.69, 9.17) is 5.11 Å². The molecule has 0 aliphatic carbocycles. The molecule has 0 saturated carbocycles. The van der Waals surface area contributed by atoms with Gasteiger partial charge in [0.25, 0.3) is 0 Å². The molecule has 0 spiro atoms. The van der Waals surface area contributed by atoms with E-state index in [1.54, 1.807) is 0 Å². The summed E-state index contributed by atoms with van der Waals surface area (Å²) in [5.74, 6) is -0.285. The summed E-state index contributed by atoms with van der Waals surface area (Å²) in [6, 6.07) is 0. The number of hydrogen-bond acceptors (Lipinski definition) is 4. The predicted octanol–water partition coefficient (Wildman–Crippen LogP) is 2.01. The van der Waals surface area contributed by atoms with E-state index in [1.807, 2.05) is 13.8 Å².